The van der Waals surface area contributed by atoms with E-state index in [-0.39, 0.29) is 10.6 Å². The van der Waals surface area contributed by atoms with Crippen LogP contribution in [0.5, 0.6) is 17.2 Å². The Kier molecular flexibility index (Phi) is 8.61. The lowest BCUT2D eigenvalue weighted by atomic mass is 10.2. The number of rotatable bonds is 9. The van der Waals surface area contributed by atoms with E-state index in [1.165, 1.54) is 25.3 Å². The fourth-order valence-electron chi connectivity index (χ4n) is 3.61. The van der Waals surface area contributed by atoms with Crippen molar-refractivity contribution in [2.24, 2.45) is 0 Å². The lowest BCUT2D eigenvalue weighted by Gasteiger charge is -2.24. The molecule has 0 fully saturated rings. The predicted molar refractivity (Wildman–Crippen MR) is 153 cm³/mol. The minimum absolute atomic E-state index is 0.0684. The summed E-state index contributed by atoms with van der Waals surface area (Å²) in [5, 5.41) is 3.11. The highest BCUT2D eigenvalue weighted by Gasteiger charge is 2.28. The first-order valence-electron chi connectivity index (χ1n) is 11.4. The highest BCUT2D eigenvalue weighted by Crippen LogP contribution is 2.36. The minimum atomic E-state index is -4.07. The Morgan fingerprint density at radius 3 is 2.32 bits per heavy atom. The van der Waals surface area contributed by atoms with Gasteiger partial charge in [-0.2, -0.15) is 0 Å². The quantitative estimate of drug-likeness (QED) is 0.218. The molecule has 0 atom stereocenters. The summed E-state index contributed by atoms with van der Waals surface area (Å²) in [5.41, 5.74) is 1.52. The molecule has 0 saturated heterocycles. The molecule has 0 spiro atoms. The molecule has 0 aromatic heterocycles. The van der Waals surface area contributed by atoms with Crippen LogP contribution in [0.3, 0.4) is 0 Å². The third-order valence-corrected chi connectivity index (χ3v) is 8.01. The van der Waals surface area contributed by atoms with Gasteiger partial charge in [-0.15, -0.1) is 0 Å². The SMILES string of the molecule is COc1ccccc1Oc1ccc(Cl)cc1NC(=O)CN(c1cccc(Br)c1)S(=O)(=O)c1ccc(C)cc1. The van der Waals surface area contributed by atoms with Crippen LogP contribution in [0.4, 0.5) is 11.4 Å². The van der Waals surface area contributed by atoms with E-state index in [1.807, 2.05) is 6.92 Å². The number of hydrogen-bond acceptors (Lipinski definition) is 5. The van der Waals surface area contributed by atoms with Gasteiger partial charge in [-0.05, 0) is 67.6 Å². The van der Waals surface area contributed by atoms with Gasteiger partial charge in [0.1, 0.15) is 6.54 Å². The number of halogens is 2. The van der Waals surface area contributed by atoms with Crippen LogP contribution >= 0.6 is 27.5 Å². The van der Waals surface area contributed by atoms with Crippen LogP contribution in [0.15, 0.2) is 100 Å². The number of anilines is 2. The van der Waals surface area contributed by atoms with E-state index < -0.39 is 22.5 Å². The van der Waals surface area contributed by atoms with Crippen LogP contribution in [-0.4, -0.2) is 28.0 Å². The number of methoxy groups -OCH3 is 1. The molecule has 0 aliphatic carbocycles. The maximum atomic E-state index is 13.6. The summed E-state index contributed by atoms with van der Waals surface area (Å²) < 4.78 is 40.4. The number of sulfonamides is 1. The number of nitrogens with one attached hydrogen (secondary N) is 1. The summed E-state index contributed by atoms with van der Waals surface area (Å²) in [5.74, 6) is 0.658. The van der Waals surface area contributed by atoms with Crippen LogP contribution in [0.25, 0.3) is 0 Å². The van der Waals surface area contributed by atoms with Crippen molar-refractivity contribution in [3.05, 3.63) is 106 Å². The van der Waals surface area contributed by atoms with Crippen LogP contribution in [0.1, 0.15) is 5.56 Å². The first-order valence-corrected chi connectivity index (χ1v) is 14.0. The fourth-order valence-corrected chi connectivity index (χ4v) is 5.59. The Morgan fingerprint density at radius 2 is 1.63 bits per heavy atom. The van der Waals surface area contributed by atoms with Gasteiger partial charge in [-0.1, -0.05) is 63.4 Å². The number of carbonyl (C=O) groups excluding carboxylic acids is 1. The average molecular weight is 616 g/mol. The van der Waals surface area contributed by atoms with Gasteiger partial charge >= 0.3 is 0 Å². The molecule has 196 valence electrons. The highest BCUT2D eigenvalue weighted by molar-refractivity contribution is 9.10. The van der Waals surface area contributed by atoms with Crippen molar-refractivity contribution in [3.63, 3.8) is 0 Å². The molecule has 0 aliphatic rings. The molecule has 0 saturated carbocycles. The van der Waals surface area contributed by atoms with Crippen LogP contribution in [0.2, 0.25) is 5.02 Å². The lowest BCUT2D eigenvalue weighted by Crippen LogP contribution is -2.38. The number of benzene rings is 4. The maximum absolute atomic E-state index is 13.6. The summed E-state index contributed by atoms with van der Waals surface area (Å²) >= 11 is 9.58. The van der Waals surface area contributed by atoms with Crippen LogP contribution in [0, 0.1) is 6.92 Å². The summed E-state index contributed by atoms with van der Waals surface area (Å²) in [6.45, 7) is 1.37. The van der Waals surface area contributed by atoms with Gasteiger partial charge in [0, 0.05) is 9.50 Å². The molecule has 4 aromatic carbocycles. The van der Waals surface area contributed by atoms with Crippen molar-refractivity contribution in [1.82, 2.24) is 0 Å². The first-order chi connectivity index (χ1) is 18.2. The Labute approximate surface area is 235 Å². The van der Waals surface area contributed by atoms with Gasteiger partial charge in [-0.3, -0.25) is 9.10 Å². The number of aryl methyl sites for hydroxylation is 1. The van der Waals surface area contributed by atoms with Gasteiger partial charge in [-0.25, -0.2) is 8.42 Å². The van der Waals surface area contributed by atoms with E-state index in [4.69, 9.17) is 21.1 Å². The average Bonchev–Trinajstić information content (AvgIpc) is 2.89. The molecule has 0 radical (unpaired) electrons. The van der Waals surface area contributed by atoms with Gasteiger partial charge in [0.25, 0.3) is 10.0 Å². The van der Waals surface area contributed by atoms with Crippen molar-refractivity contribution in [3.8, 4) is 17.2 Å². The van der Waals surface area contributed by atoms with Gasteiger partial charge in [0.2, 0.25) is 5.91 Å². The molecule has 1 amide bonds. The molecular formula is C28H24BrClN2O5S. The molecule has 0 unspecified atom stereocenters. The zero-order valence-corrected chi connectivity index (χ0v) is 23.7. The van der Waals surface area contributed by atoms with Gasteiger partial charge < -0.3 is 14.8 Å². The highest BCUT2D eigenvalue weighted by atomic mass is 79.9. The Balaban J connectivity index is 1.65. The van der Waals surface area contributed by atoms with Gasteiger partial charge in [0.05, 0.1) is 23.4 Å². The van der Waals surface area contributed by atoms with E-state index in [0.717, 1.165) is 9.87 Å². The van der Waals surface area contributed by atoms with Crippen LogP contribution in [-0.2, 0) is 14.8 Å². The fraction of sp³-hybridized carbons (Fsp3) is 0.107. The largest absolute Gasteiger partial charge is 0.493 e. The monoisotopic (exact) mass is 614 g/mol. The smallest absolute Gasteiger partial charge is 0.264 e. The second kappa shape index (κ2) is 11.9. The molecule has 0 aliphatic heterocycles. The van der Waals surface area contributed by atoms with Crippen molar-refractivity contribution in [2.75, 3.05) is 23.3 Å². The van der Waals surface area contributed by atoms with E-state index in [0.29, 0.717) is 32.4 Å². The van der Waals surface area contributed by atoms with E-state index >= 15 is 0 Å². The summed E-state index contributed by atoms with van der Waals surface area (Å²) in [4.78, 5) is 13.4. The number of amides is 1. The van der Waals surface area contributed by atoms with E-state index in [2.05, 4.69) is 21.2 Å². The third-order valence-electron chi connectivity index (χ3n) is 5.50. The molecule has 38 heavy (non-hydrogen) atoms. The molecular weight excluding hydrogens is 592 g/mol. The predicted octanol–water partition coefficient (Wildman–Crippen LogP) is 7.05. The lowest BCUT2D eigenvalue weighted by molar-refractivity contribution is -0.114. The number of ether oxygens (including phenoxy) is 2. The number of carbonyl (C=O) groups is 1. The number of nitrogens with zero attached hydrogens (tertiary/aromatic N) is 1. The molecule has 0 bridgehead atoms. The molecule has 1 N–H and O–H groups in total. The Bertz CT molecular complexity index is 1560. The molecule has 7 nitrogen and oxygen atoms in total. The second-order valence-corrected chi connectivity index (χ2v) is 11.5. The zero-order chi connectivity index (χ0) is 27.3. The molecule has 0 heterocycles. The first kappa shape index (κ1) is 27.5. The summed E-state index contributed by atoms with van der Waals surface area (Å²) in [6, 6.07) is 25.0. The Morgan fingerprint density at radius 1 is 0.921 bits per heavy atom. The zero-order valence-electron chi connectivity index (χ0n) is 20.5. The molecule has 4 rings (SSSR count). The molecule has 10 heteroatoms. The van der Waals surface area contributed by atoms with E-state index in [9.17, 15) is 13.2 Å². The summed E-state index contributed by atoms with van der Waals surface area (Å²) in [6.07, 6.45) is 0. The van der Waals surface area contributed by atoms with Crippen molar-refractivity contribution >= 4 is 54.8 Å². The molecule has 4 aromatic rings. The maximum Gasteiger partial charge on any atom is 0.264 e. The third kappa shape index (κ3) is 6.48. The topological polar surface area (TPSA) is 84.9 Å². The number of hydrogen-bond donors (Lipinski definition) is 1. The summed E-state index contributed by atoms with van der Waals surface area (Å²) in [7, 11) is -2.55. The van der Waals surface area contributed by atoms with Gasteiger partial charge in [0.15, 0.2) is 17.2 Å². The van der Waals surface area contributed by atoms with Crippen molar-refractivity contribution in [1.29, 1.82) is 0 Å². The van der Waals surface area contributed by atoms with E-state index in [1.54, 1.807) is 72.8 Å². The van der Waals surface area contributed by atoms with Crippen molar-refractivity contribution in [2.45, 2.75) is 11.8 Å². The normalized spacial score (nSPS) is 11.1. The minimum Gasteiger partial charge on any atom is -0.493 e. The standard InChI is InChI=1S/C28H24BrClN2O5S/c1-19-10-13-23(14-11-19)38(34,35)32(22-7-5-6-20(29)16-22)18-28(33)31-24-17-21(30)12-15-25(24)37-27-9-4-3-8-26(27)36-2/h3-17H,18H2,1-2H3,(H,31,33). The second-order valence-electron chi connectivity index (χ2n) is 8.25. The Hall–Kier alpha value is -3.53. The number of para-hydroxylation sites is 2. The van der Waals surface area contributed by atoms with Crippen molar-refractivity contribution < 1.29 is 22.7 Å². The van der Waals surface area contributed by atoms with Crippen LogP contribution < -0.4 is 19.1 Å².